The van der Waals surface area contributed by atoms with Crippen molar-refractivity contribution < 1.29 is 4.42 Å². The Morgan fingerprint density at radius 1 is 1.29 bits per heavy atom. The molecule has 2 aromatic rings. The van der Waals surface area contributed by atoms with E-state index in [-0.39, 0.29) is 0 Å². The van der Waals surface area contributed by atoms with Gasteiger partial charge in [-0.3, -0.25) is 0 Å². The molecule has 3 rings (SSSR count). The van der Waals surface area contributed by atoms with E-state index in [0.29, 0.717) is 5.92 Å². The van der Waals surface area contributed by atoms with Crippen molar-refractivity contribution in [3.63, 3.8) is 0 Å². The maximum atomic E-state index is 6.29. The fourth-order valence-electron chi connectivity index (χ4n) is 3.13. The van der Waals surface area contributed by atoms with Gasteiger partial charge in [-0.05, 0) is 43.2 Å². The minimum atomic E-state index is 0.533. The third-order valence-corrected chi connectivity index (χ3v) is 4.50. The van der Waals surface area contributed by atoms with Crippen LogP contribution in [0.5, 0.6) is 0 Å². The first-order chi connectivity index (χ1) is 10.1. The lowest BCUT2D eigenvalue weighted by molar-refractivity contribution is 0.504. The van der Waals surface area contributed by atoms with Gasteiger partial charge in [0, 0.05) is 17.0 Å². The van der Waals surface area contributed by atoms with Gasteiger partial charge in [0.25, 0.3) is 0 Å². The van der Waals surface area contributed by atoms with Gasteiger partial charge in [-0.25, -0.2) is 0 Å². The standard InChI is InChI=1S/C19H27NO/c1-5-6-16-17(11-20-14-8-9-14)21-19-13(4)7-10-15(12(2)3)18(16)19/h7,10,12,14,20H,5-6,8-9,11H2,1-4H3. The van der Waals surface area contributed by atoms with E-state index >= 15 is 0 Å². The normalized spacial score (nSPS) is 15.3. The van der Waals surface area contributed by atoms with Crippen molar-refractivity contribution in [2.75, 3.05) is 0 Å². The molecule has 2 nitrogen and oxygen atoms in total. The van der Waals surface area contributed by atoms with Gasteiger partial charge in [0.05, 0.1) is 6.54 Å². The predicted octanol–water partition coefficient (Wildman–Crippen LogP) is 5.07. The Kier molecular flexibility index (Phi) is 4.08. The molecule has 1 saturated carbocycles. The molecule has 1 N–H and O–H groups in total. The highest BCUT2D eigenvalue weighted by Crippen LogP contribution is 2.36. The van der Waals surface area contributed by atoms with Crippen molar-refractivity contribution in [2.24, 2.45) is 0 Å². The second kappa shape index (κ2) is 5.84. The summed E-state index contributed by atoms with van der Waals surface area (Å²) in [6.07, 6.45) is 4.91. The molecule has 1 aliphatic rings. The van der Waals surface area contributed by atoms with Gasteiger partial charge in [0.15, 0.2) is 0 Å². The van der Waals surface area contributed by atoms with Crippen molar-refractivity contribution in [3.8, 4) is 0 Å². The van der Waals surface area contributed by atoms with Crippen LogP contribution in [-0.2, 0) is 13.0 Å². The molecule has 0 unspecified atom stereocenters. The van der Waals surface area contributed by atoms with Gasteiger partial charge in [0.1, 0.15) is 11.3 Å². The summed E-state index contributed by atoms with van der Waals surface area (Å²) in [7, 11) is 0. The van der Waals surface area contributed by atoms with E-state index in [2.05, 4.69) is 45.1 Å². The molecule has 0 aliphatic heterocycles. The van der Waals surface area contributed by atoms with Gasteiger partial charge in [-0.1, -0.05) is 39.3 Å². The molecule has 0 atom stereocenters. The highest BCUT2D eigenvalue weighted by atomic mass is 16.3. The molecule has 0 amide bonds. The summed E-state index contributed by atoms with van der Waals surface area (Å²) in [5, 5.41) is 5.00. The topological polar surface area (TPSA) is 25.2 Å². The van der Waals surface area contributed by atoms with Gasteiger partial charge in [-0.15, -0.1) is 0 Å². The number of benzene rings is 1. The van der Waals surface area contributed by atoms with E-state index in [1.165, 1.54) is 34.9 Å². The quantitative estimate of drug-likeness (QED) is 0.801. The highest BCUT2D eigenvalue weighted by Gasteiger charge is 2.23. The highest BCUT2D eigenvalue weighted by molar-refractivity contribution is 5.88. The SMILES string of the molecule is CCCc1c(CNC2CC2)oc2c(C)ccc(C(C)C)c12. The van der Waals surface area contributed by atoms with E-state index in [1.807, 2.05) is 0 Å². The molecule has 1 aromatic heterocycles. The zero-order valence-corrected chi connectivity index (χ0v) is 13.8. The number of nitrogens with one attached hydrogen (secondary N) is 1. The molecule has 0 saturated heterocycles. The van der Waals surface area contributed by atoms with Crippen LogP contribution < -0.4 is 5.32 Å². The van der Waals surface area contributed by atoms with Gasteiger partial charge in [-0.2, -0.15) is 0 Å². The monoisotopic (exact) mass is 285 g/mol. The van der Waals surface area contributed by atoms with Crippen LogP contribution in [0.15, 0.2) is 16.5 Å². The van der Waals surface area contributed by atoms with Crippen LogP contribution in [0.4, 0.5) is 0 Å². The van der Waals surface area contributed by atoms with Crippen LogP contribution in [0.1, 0.15) is 68.4 Å². The Balaban J connectivity index is 2.10. The summed E-state index contributed by atoms with van der Waals surface area (Å²) in [4.78, 5) is 0. The zero-order chi connectivity index (χ0) is 15.0. The Morgan fingerprint density at radius 2 is 2.05 bits per heavy atom. The Hall–Kier alpha value is -1.28. The van der Waals surface area contributed by atoms with Gasteiger partial charge >= 0.3 is 0 Å². The summed E-state index contributed by atoms with van der Waals surface area (Å²) >= 11 is 0. The molecule has 114 valence electrons. The molecule has 1 fully saturated rings. The number of hydrogen-bond acceptors (Lipinski definition) is 2. The fraction of sp³-hybridized carbons (Fsp3) is 0.579. The van der Waals surface area contributed by atoms with E-state index in [4.69, 9.17) is 4.42 Å². The predicted molar refractivity (Wildman–Crippen MR) is 88.9 cm³/mol. The first kappa shape index (κ1) is 14.6. The largest absolute Gasteiger partial charge is 0.459 e. The average Bonchev–Trinajstić information content (AvgIpc) is 3.20. The second-order valence-electron chi connectivity index (χ2n) is 6.74. The molecular weight excluding hydrogens is 258 g/mol. The minimum Gasteiger partial charge on any atom is -0.459 e. The second-order valence-corrected chi connectivity index (χ2v) is 6.74. The number of rotatable bonds is 6. The van der Waals surface area contributed by atoms with Crippen molar-refractivity contribution in [3.05, 3.63) is 34.6 Å². The maximum Gasteiger partial charge on any atom is 0.137 e. The van der Waals surface area contributed by atoms with Crippen molar-refractivity contribution >= 4 is 11.0 Å². The number of furan rings is 1. The van der Waals surface area contributed by atoms with Crippen LogP contribution in [0.3, 0.4) is 0 Å². The molecule has 0 spiro atoms. The van der Waals surface area contributed by atoms with Crippen LogP contribution in [0.25, 0.3) is 11.0 Å². The Labute approximate surface area is 127 Å². The maximum absolute atomic E-state index is 6.29. The Morgan fingerprint density at radius 3 is 2.67 bits per heavy atom. The lowest BCUT2D eigenvalue weighted by Crippen LogP contribution is -2.15. The zero-order valence-electron chi connectivity index (χ0n) is 13.8. The molecular formula is C19H27NO. The molecule has 0 bridgehead atoms. The van der Waals surface area contributed by atoms with Crippen molar-refractivity contribution in [1.82, 2.24) is 5.32 Å². The third-order valence-electron chi connectivity index (χ3n) is 4.50. The van der Waals surface area contributed by atoms with Crippen molar-refractivity contribution in [1.29, 1.82) is 0 Å². The molecule has 2 heteroatoms. The first-order valence-corrected chi connectivity index (χ1v) is 8.39. The molecule has 21 heavy (non-hydrogen) atoms. The summed E-state index contributed by atoms with van der Waals surface area (Å²) in [6, 6.07) is 5.21. The van der Waals surface area contributed by atoms with Crippen LogP contribution >= 0.6 is 0 Å². The fourth-order valence-corrected chi connectivity index (χ4v) is 3.13. The molecule has 1 heterocycles. The number of hydrogen-bond donors (Lipinski definition) is 1. The van der Waals surface area contributed by atoms with E-state index in [9.17, 15) is 0 Å². The average molecular weight is 285 g/mol. The number of aryl methyl sites for hydroxylation is 2. The Bertz CT molecular complexity index is 635. The third kappa shape index (κ3) is 2.87. The summed E-state index contributed by atoms with van der Waals surface area (Å²) in [6.45, 7) is 9.83. The lowest BCUT2D eigenvalue weighted by atomic mass is 9.93. The summed E-state index contributed by atoms with van der Waals surface area (Å²) < 4.78 is 6.29. The smallest absolute Gasteiger partial charge is 0.137 e. The van der Waals surface area contributed by atoms with Crippen LogP contribution in [0, 0.1) is 6.92 Å². The molecule has 1 aromatic carbocycles. The summed E-state index contributed by atoms with van der Waals surface area (Å²) in [5.41, 5.74) is 5.23. The van der Waals surface area contributed by atoms with E-state index < -0.39 is 0 Å². The summed E-state index contributed by atoms with van der Waals surface area (Å²) in [5.74, 6) is 1.69. The van der Waals surface area contributed by atoms with Gasteiger partial charge in [0.2, 0.25) is 0 Å². The van der Waals surface area contributed by atoms with E-state index in [0.717, 1.165) is 36.8 Å². The number of fused-ring (bicyclic) bond motifs is 1. The minimum absolute atomic E-state index is 0.533. The molecule has 1 aliphatic carbocycles. The van der Waals surface area contributed by atoms with E-state index in [1.54, 1.807) is 0 Å². The molecule has 0 radical (unpaired) electrons. The van der Waals surface area contributed by atoms with Crippen molar-refractivity contribution in [2.45, 2.75) is 71.9 Å². The lowest BCUT2D eigenvalue weighted by Gasteiger charge is -2.10. The van der Waals surface area contributed by atoms with Gasteiger partial charge < -0.3 is 9.73 Å². The first-order valence-electron chi connectivity index (χ1n) is 8.39. The van der Waals surface area contributed by atoms with Crippen LogP contribution in [-0.4, -0.2) is 6.04 Å². The van der Waals surface area contributed by atoms with Crippen LogP contribution in [0.2, 0.25) is 0 Å².